The van der Waals surface area contributed by atoms with E-state index in [1.165, 1.54) is 5.56 Å². The Labute approximate surface area is 127 Å². The van der Waals surface area contributed by atoms with Crippen molar-refractivity contribution in [3.05, 3.63) is 64.4 Å². The number of benzene rings is 1. The Bertz CT molecular complexity index is 569. The normalized spacial score (nSPS) is 11.2. The number of halogens is 1. The van der Waals surface area contributed by atoms with Crippen LogP contribution in [-0.4, -0.2) is 18.0 Å². The molecule has 1 aromatic heterocycles. The number of aliphatic imine (C=N–C) groups is 1. The van der Waals surface area contributed by atoms with Crippen molar-refractivity contribution in [1.29, 1.82) is 0 Å². The van der Waals surface area contributed by atoms with Gasteiger partial charge in [-0.2, -0.15) is 0 Å². The molecule has 5 heteroatoms. The quantitative estimate of drug-likeness (QED) is 0.668. The molecule has 4 nitrogen and oxygen atoms in total. The summed E-state index contributed by atoms with van der Waals surface area (Å²) in [6.45, 7) is 1.38. The highest BCUT2D eigenvalue weighted by atomic mass is 79.9. The van der Waals surface area contributed by atoms with E-state index in [1.807, 2.05) is 30.3 Å². The molecule has 2 aromatic rings. The predicted octanol–water partition coefficient (Wildman–Crippen LogP) is 2.71. The van der Waals surface area contributed by atoms with Crippen LogP contribution in [0.5, 0.6) is 0 Å². The van der Waals surface area contributed by atoms with Gasteiger partial charge in [-0.3, -0.25) is 9.98 Å². The zero-order valence-electron chi connectivity index (χ0n) is 11.3. The van der Waals surface area contributed by atoms with Crippen molar-refractivity contribution in [3.8, 4) is 0 Å². The number of hydrogen-bond donors (Lipinski definition) is 2. The molecule has 0 bridgehead atoms. The highest BCUT2D eigenvalue weighted by Crippen LogP contribution is 2.11. The van der Waals surface area contributed by atoms with Gasteiger partial charge in [-0.25, -0.2) is 0 Å². The summed E-state index contributed by atoms with van der Waals surface area (Å²) in [6.07, 6.45) is 1.79. The van der Waals surface area contributed by atoms with E-state index >= 15 is 0 Å². The highest BCUT2D eigenvalue weighted by molar-refractivity contribution is 9.10. The minimum atomic E-state index is 0.652. The first-order chi connectivity index (χ1) is 9.78. The van der Waals surface area contributed by atoms with Crippen molar-refractivity contribution < 1.29 is 0 Å². The van der Waals surface area contributed by atoms with Crippen molar-refractivity contribution >= 4 is 21.9 Å². The Morgan fingerprint density at radius 1 is 1.15 bits per heavy atom. The van der Waals surface area contributed by atoms with Gasteiger partial charge in [0.2, 0.25) is 0 Å². The molecule has 104 valence electrons. The molecular formula is C15H17BrN4. The van der Waals surface area contributed by atoms with Crippen molar-refractivity contribution in [3.63, 3.8) is 0 Å². The topological polar surface area (TPSA) is 49.3 Å². The summed E-state index contributed by atoms with van der Waals surface area (Å²) in [5.41, 5.74) is 2.18. The Balaban J connectivity index is 1.84. The molecule has 0 atom stereocenters. The molecule has 0 saturated heterocycles. The molecule has 0 amide bonds. The molecule has 0 saturated carbocycles. The van der Waals surface area contributed by atoms with Gasteiger partial charge in [0.1, 0.15) is 0 Å². The lowest BCUT2D eigenvalue weighted by Crippen LogP contribution is -2.36. The molecule has 0 spiro atoms. The van der Waals surface area contributed by atoms with Crippen LogP contribution in [0.1, 0.15) is 11.3 Å². The van der Waals surface area contributed by atoms with Crippen molar-refractivity contribution in [2.45, 2.75) is 13.1 Å². The number of nitrogens with zero attached hydrogens (tertiary/aromatic N) is 2. The lowest BCUT2D eigenvalue weighted by molar-refractivity contribution is 0.794. The average molecular weight is 333 g/mol. The number of nitrogens with one attached hydrogen (secondary N) is 2. The van der Waals surface area contributed by atoms with E-state index in [0.717, 1.165) is 22.7 Å². The van der Waals surface area contributed by atoms with Crippen LogP contribution < -0.4 is 10.6 Å². The Morgan fingerprint density at radius 2 is 2.00 bits per heavy atom. The van der Waals surface area contributed by atoms with Crippen LogP contribution in [0.2, 0.25) is 0 Å². The molecule has 0 aliphatic rings. The molecule has 2 rings (SSSR count). The van der Waals surface area contributed by atoms with E-state index < -0.39 is 0 Å². The number of rotatable bonds is 4. The zero-order chi connectivity index (χ0) is 14.2. The first-order valence-corrected chi connectivity index (χ1v) is 7.16. The molecular weight excluding hydrogens is 316 g/mol. The predicted molar refractivity (Wildman–Crippen MR) is 85.4 cm³/mol. The molecule has 1 heterocycles. The SMILES string of the molecule is CN=C(NCc1cccc(Br)c1)NCc1ccccn1. The summed E-state index contributed by atoms with van der Waals surface area (Å²) < 4.78 is 1.08. The average Bonchev–Trinajstić information content (AvgIpc) is 2.48. The van der Waals surface area contributed by atoms with Gasteiger partial charge in [0.15, 0.2) is 5.96 Å². The Kier molecular flexibility index (Phi) is 5.55. The van der Waals surface area contributed by atoms with Gasteiger partial charge in [-0.15, -0.1) is 0 Å². The third kappa shape index (κ3) is 4.66. The smallest absolute Gasteiger partial charge is 0.191 e. The largest absolute Gasteiger partial charge is 0.352 e. The van der Waals surface area contributed by atoms with E-state index in [9.17, 15) is 0 Å². The molecule has 1 aromatic carbocycles. The van der Waals surface area contributed by atoms with Crippen molar-refractivity contribution in [2.75, 3.05) is 7.05 Å². The second kappa shape index (κ2) is 7.65. The molecule has 0 fully saturated rings. The molecule has 20 heavy (non-hydrogen) atoms. The highest BCUT2D eigenvalue weighted by Gasteiger charge is 1.99. The monoisotopic (exact) mass is 332 g/mol. The van der Waals surface area contributed by atoms with Crippen molar-refractivity contribution in [2.24, 2.45) is 4.99 Å². The molecule has 0 unspecified atom stereocenters. The standard InChI is InChI=1S/C15H17BrN4/c1-17-15(20-11-14-7-2-3-8-18-14)19-10-12-5-4-6-13(16)9-12/h2-9H,10-11H2,1H3,(H2,17,19,20). The fourth-order valence-corrected chi connectivity index (χ4v) is 2.18. The lowest BCUT2D eigenvalue weighted by Gasteiger charge is -2.11. The maximum atomic E-state index is 4.26. The number of guanidine groups is 1. The van der Waals surface area contributed by atoms with Gasteiger partial charge in [-0.05, 0) is 29.8 Å². The van der Waals surface area contributed by atoms with Crippen LogP contribution in [0.15, 0.2) is 58.1 Å². The van der Waals surface area contributed by atoms with Crippen LogP contribution in [0.4, 0.5) is 0 Å². The first-order valence-electron chi connectivity index (χ1n) is 6.37. The number of pyridine rings is 1. The zero-order valence-corrected chi connectivity index (χ0v) is 12.9. The third-order valence-electron chi connectivity index (χ3n) is 2.74. The van der Waals surface area contributed by atoms with E-state index in [-0.39, 0.29) is 0 Å². The minimum Gasteiger partial charge on any atom is -0.352 e. The van der Waals surface area contributed by atoms with Gasteiger partial charge < -0.3 is 10.6 Å². The van der Waals surface area contributed by atoms with Crippen LogP contribution in [0.3, 0.4) is 0 Å². The fraction of sp³-hybridized carbons (Fsp3) is 0.200. The third-order valence-corrected chi connectivity index (χ3v) is 3.23. The van der Waals surface area contributed by atoms with E-state index in [1.54, 1.807) is 13.2 Å². The van der Waals surface area contributed by atoms with Gasteiger partial charge in [0.05, 0.1) is 12.2 Å². The van der Waals surface area contributed by atoms with Gasteiger partial charge in [-0.1, -0.05) is 34.1 Å². The Hall–Kier alpha value is -1.88. The Morgan fingerprint density at radius 3 is 2.70 bits per heavy atom. The van der Waals surface area contributed by atoms with E-state index in [2.05, 4.69) is 48.7 Å². The molecule has 0 aliphatic carbocycles. The molecule has 2 N–H and O–H groups in total. The van der Waals surface area contributed by atoms with E-state index in [4.69, 9.17) is 0 Å². The van der Waals surface area contributed by atoms with Crippen LogP contribution in [-0.2, 0) is 13.1 Å². The summed E-state index contributed by atoms with van der Waals surface area (Å²) >= 11 is 3.47. The minimum absolute atomic E-state index is 0.652. The van der Waals surface area contributed by atoms with Crippen molar-refractivity contribution in [1.82, 2.24) is 15.6 Å². The first kappa shape index (κ1) is 14.5. The second-order valence-corrected chi connectivity index (χ2v) is 5.15. The van der Waals surface area contributed by atoms with Gasteiger partial charge in [0.25, 0.3) is 0 Å². The van der Waals surface area contributed by atoms with E-state index in [0.29, 0.717) is 6.54 Å². The summed E-state index contributed by atoms with van der Waals surface area (Å²) in [4.78, 5) is 8.46. The molecule has 0 radical (unpaired) electrons. The van der Waals surface area contributed by atoms with Crippen LogP contribution in [0.25, 0.3) is 0 Å². The summed E-state index contributed by atoms with van der Waals surface area (Å²) in [5, 5.41) is 6.51. The second-order valence-electron chi connectivity index (χ2n) is 4.23. The number of hydrogen-bond acceptors (Lipinski definition) is 2. The molecule has 0 aliphatic heterocycles. The maximum Gasteiger partial charge on any atom is 0.191 e. The summed E-state index contributed by atoms with van der Waals surface area (Å²) in [7, 11) is 1.76. The summed E-state index contributed by atoms with van der Waals surface area (Å²) in [6, 6.07) is 14.0. The summed E-state index contributed by atoms with van der Waals surface area (Å²) in [5.74, 6) is 0.760. The fourth-order valence-electron chi connectivity index (χ4n) is 1.73. The van der Waals surface area contributed by atoms with Gasteiger partial charge in [0, 0.05) is 24.3 Å². The van der Waals surface area contributed by atoms with Crippen LogP contribution in [0, 0.1) is 0 Å². The number of aromatic nitrogens is 1. The lowest BCUT2D eigenvalue weighted by atomic mass is 10.2. The van der Waals surface area contributed by atoms with Gasteiger partial charge >= 0.3 is 0 Å². The van der Waals surface area contributed by atoms with Crippen LogP contribution >= 0.6 is 15.9 Å². The maximum absolute atomic E-state index is 4.26.